The third-order valence-corrected chi connectivity index (χ3v) is 4.49. The van der Waals surface area contributed by atoms with Crippen molar-refractivity contribution in [3.05, 3.63) is 83.9 Å². The van der Waals surface area contributed by atoms with Gasteiger partial charge >= 0.3 is 0 Å². The molecule has 2 N–H and O–H groups in total. The fourth-order valence-corrected chi connectivity index (χ4v) is 3.02. The number of phenolic OH excluding ortho intramolecular Hbond substituents is 2. The molecule has 0 radical (unpaired) electrons. The molecular weight excluding hydrogens is 296 g/mol. The highest BCUT2D eigenvalue weighted by atomic mass is 16.3. The van der Waals surface area contributed by atoms with E-state index >= 15 is 0 Å². The molecule has 0 amide bonds. The fourth-order valence-electron chi connectivity index (χ4n) is 3.02. The standard InChI is InChI=1S/C22H22O2/c1-2-17(15-16-3-11-21(23)12-4-16)18-5-7-19(8-6-18)20-9-13-22(24)14-10-20/h3-14,17,23-24H,2,15H2,1H3. The van der Waals surface area contributed by atoms with Gasteiger partial charge in [-0.15, -0.1) is 0 Å². The van der Waals surface area contributed by atoms with Gasteiger partial charge in [0.05, 0.1) is 0 Å². The van der Waals surface area contributed by atoms with Gasteiger partial charge in [0.2, 0.25) is 0 Å². The molecule has 3 aromatic carbocycles. The van der Waals surface area contributed by atoms with Crippen LogP contribution in [0, 0.1) is 0 Å². The van der Waals surface area contributed by atoms with Gasteiger partial charge in [-0.2, -0.15) is 0 Å². The maximum absolute atomic E-state index is 9.41. The Labute approximate surface area is 143 Å². The van der Waals surface area contributed by atoms with Gasteiger partial charge in [-0.1, -0.05) is 55.5 Å². The van der Waals surface area contributed by atoms with Crippen molar-refractivity contribution in [3.63, 3.8) is 0 Å². The Hall–Kier alpha value is -2.74. The van der Waals surface area contributed by atoms with Gasteiger partial charge in [0.1, 0.15) is 11.5 Å². The molecular formula is C22H22O2. The molecule has 2 nitrogen and oxygen atoms in total. The van der Waals surface area contributed by atoms with E-state index in [9.17, 15) is 10.2 Å². The lowest BCUT2D eigenvalue weighted by atomic mass is 9.89. The van der Waals surface area contributed by atoms with E-state index in [0.29, 0.717) is 11.7 Å². The second-order valence-electron chi connectivity index (χ2n) is 6.14. The number of hydrogen-bond donors (Lipinski definition) is 2. The molecule has 0 aromatic heterocycles. The van der Waals surface area contributed by atoms with Crippen LogP contribution in [0.4, 0.5) is 0 Å². The lowest BCUT2D eigenvalue weighted by molar-refractivity contribution is 0.474. The van der Waals surface area contributed by atoms with Crippen LogP contribution in [0.15, 0.2) is 72.8 Å². The number of aromatic hydroxyl groups is 2. The summed E-state index contributed by atoms with van der Waals surface area (Å²) in [5.41, 5.74) is 4.82. The SMILES string of the molecule is CCC(Cc1ccc(O)cc1)c1ccc(-c2ccc(O)cc2)cc1. The minimum Gasteiger partial charge on any atom is -0.508 e. The predicted molar refractivity (Wildman–Crippen MR) is 98.4 cm³/mol. The highest BCUT2D eigenvalue weighted by molar-refractivity contribution is 5.64. The maximum atomic E-state index is 9.41. The summed E-state index contributed by atoms with van der Waals surface area (Å²) in [4.78, 5) is 0. The van der Waals surface area contributed by atoms with E-state index in [1.807, 2.05) is 24.3 Å². The first-order valence-electron chi connectivity index (χ1n) is 8.33. The molecule has 122 valence electrons. The average molecular weight is 318 g/mol. The van der Waals surface area contributed by atoms with Crippen LogP contribution in [-0.4, -0.2) is 10.2 Å². The Kier molecular flexibility index (Phi) is 4.85. The smallest absolute Gasteiger partial charge is 0.115 e. The van der Waals surface area contributed by atoms with E-state index in [0.717, 1.165) is 24.0 Å². The average Bonchev–Trinajstić information content (AvgIpc) is 2.62. The second-order valence-corrected chi connectivity index (χ2v) is 6.14. The first-order chi connectivity index (χ1) is 11.7. The molecule has 0 fully saturated rings. The van der Waals surface area contributed by atoms with Crippen LogP contribution in [0.5, 0.6) is 11.5 Å². The van der Waals surface area contributed by atoms with Crippen molar-refractivity contribution < 1.29 is 10.2 Å². The van der Waals surface area contributed by atoms with E-state index in [1.54, 1.807) is 24.3 Å². The highest BCUT2D eigenvalue weighted by Crippen LogP contribution is 2.28. The molecule has 0 spiro atoms. The third-order valence-electron chi connectivity index (χ3n) is 4.49. The number of benzene rings is 3. The zero-order valence-corrected chi connectivity index (χ0v) is 13.8. The van der Waals surface area contributed by atoms with Crippen LogP contribution in [0.2, 0.25) is 0 Å². The molecule has 0 saturated heterocycles. The van der Waals surface area contributed by atoms with E-state index in [1.165, 1.54) is 11.1 Å². The van der Waals surface area contributed by atoms with Gasteiger partial charge in [0.25, 0.3) is 0 Å². The van der Waals surface area contributed by atoms with E-state index in [4.69, 9.17) is 0 Å². The second kappa shape index (κ2) is 7.22. The van der Waals surface area contributed by atoms with Crippen molar-refractivity contribution in [1.29, 1.82) is 0 Å². The van der Waals surface area contributed by atoms with Crippen LogP contribution in [-0.2, 0) is 6.42 Å². The molecule has 1 atom stereocenters. The molecule has 3 rings (SSSR count). The van der Waals surface area contributed by atoms with Crippen LogP contribution in [0.25, 0.3) is 11.1 Å². The Morgan fingerprint density at radius 3 is 1.62 bits per heavy atom. The van der Waals surface area contributed by atoms with Crippen LogP contribution in [0.1, 0.15) is 30.4 Å². The van der Waals surface area contributed by atoms with E-state index in [-0.39, 0.29) is 5.75 Å². The Morgan fingerprint density at radius 2 is 1.12 bits per heavy atom. The molecule has 0 aliphatic rings. The first kappa shape index (κ1) is 16.1. The zero-order valence-electron chi connectivity index (χ0n) is 13.8. The van der Waals surface area contributed by atoms with Crippen LogP contribution in [0.3, 0.4) is 0 Å². The maximum Gasteiger partial charge on any atom is 0.115 e. The highest BCUT2D eigenvalue weighted by Gasteiger charge is 2.11. The Morgan fingerprint density at radius 1 is 0.667 bits per heavy atom. The summed E-state index contributed by atoms with van der Waals surface area (Å²) in [6.45, 7) is 2.21. The van der Waals surface area contributed by atoms with E-state index in [2.05, 4.69) is 31.2 Å². The van der Waals surface area contributed by atoms with Crippen LogP contribution >= 0.6 is 0 Å². The quantitative estimate of drug-likeness (QED) is 0.652. The minimum atomic E-state index is 0.287. The molecule has 0 saturated carbocycles. The molecule has 1 unspecified atom stereocenters. The molecule has 2 heteroatoms. The number of rotatable bonds is 5. The summed E-state index contributed by atoms with van der Waals surface area (Å²) in [5, 5.41) is 18.8. The van der Waals surface area contributed by atoms with Crippen molar-refractivity contribution in [2.45, 2.75) is 25.7 Å². The van der Waals surface area contributed by atoms with Gasteiger partial charge in [-0.25, -0.2) is 0 Å². The van der Waals surface area contributed by atoms with Crippen molar-refractivity contribution in [2.75, 3.05) is 0 Å². The van der Waals surface area contributed by atoms with E-state index < -0.39 is 0 Å². The molecule has 3 aromatic rings. The predicted octanol–water partition coefficient (Wildman–Crippen LogP) is 5.50. The Balaban J connectivity index is 1.77. The van der Waals surface area contributed by atoms with Crippen LogP contribution < -0.4 is 0 Å². The minimum absolute atomic E-state index is 0.287. The first-order valence-corrected chi connectivity index (χ1v) is 8.33. The van der Waals surface area contributed by atoms with Gasteiger partial charge in [-0.05, 0) is 65.3 Å². The summed E-state index contributed by atoms with van der Waals surface area (Å²) in [5.74, 6) is 1.06. The fraction of sp³-hybridized carbons (Fsp3) is 0.182. The summed E-state index contributed by atoms with van der Waals surface area (Å²) >= 11 is 0. The normalized spacial score (nSPS) is 12.0. The van der Waals surface area contributed by atoms with Gasteiger partial charge in [-0.3, -0.25) is 0 Å². The lowest BCUT2D eigenvalue weighted by Gasteiger charge is -2.16. The molecule has 0 aliphatic carbocycles. The van der Waals surface area contributed by atoms with Crippen molar-refractivity contribution >= 4 is 0 Å². The van der Waals surface area contributed by atoms with Crippen molar-refractivity contribution in [1.82, 2.24) is 0 Å². The number of phenols is 2. The zero-order chi connectivity index (χ0) is 16.9. The summed E-state index contributed by atoms with van der Waals surface area (Å²) in [7, 11) is 0. The lowest BCUT2D eigenvalue weighted by Crippen LogP contribution is -2.01. The van der Waals surface area contributed by atoms with Gasteiger partial charge in [0.15, 0.2) is 0 Å². The van der Waals surface area contributed by atoms with Crippen molar-refractivity contribution in [3.8, 4) is 22.6 Å². The molecule has 0 bridgehead atoms. The molecule has 0 aliphatic heterocycles. The Bertz CT molecular complexity index is 772. The number of hydrogen-bond acceptors (Lipinski definition) is 2. The monoisotopic (exact) mass is 318 g/mol. The topological polar surface area (TPSA) is 40.5 Å². The summed E-state index contributed by atoms with van der Waals surface area (Å²) < 4.78 is 0. The van der Waals surface area contributed by atoms with Crippen molar-refractivity contribution in [2.24, 2.45) is 0 Å². The molecule has 24 heavy (non-hydrogen) atoms. The van der Waals surface area contributed by atoms with Gasteiger partial charge < -0.3 is 10.2 Å². The largest absolute Gasteiger partial charge is 0.508 e. The third kappa shape index (κ3) is 3.77. The summed E-state index contributed by atoms with van der Waals surface area (Å²) in [6, 6.07) is 23.4. The molecule has 0 heterocycles. The van der Waals surface area contributed by atoms with Gasteiger partial charge in [0, 0.05) is 0 Å². The summed E-state index contributed by atoms with van der Waals surface area (Å²) in [6.07, 6.45) is 2.04.